The van der Waals surface area contributed by atoms with E-state index in [-0.39, 0.29) is 17.6 Å². The van der Waals surface area contributed by atoms with E-state index in [0.717, 1.165) is 5.56 Å². The summed E-state index contributed by atoms with van der Waals surface area (Å²) in [4.78, 5) is 13.3. The molecule has 7 nitrogen and oxygen atoms in total. The van der Waals surface area contributed by atoms with Gasteiger partial charge in [0.25, 0.3) is 0 Å². The van der Waals surface area contributed by atoms with Crippen molar-refractivity contribution in [2.24, 2.45) is 5.92 Å². The molecule has 23 heavy (non-hydrogen) atoms. The van der Waals surface area contributed by atoms with Crippen LogP contribution in [-0.2, 0) is 16.1 Å². The molecule has 1 atom stereocenters. The lowest BCUT2D eigenvalue weighted by Gasteiger charge is -2.20. The topological polar surface area (TPSA) is 90.1 Å². The Balaban J connectivity index is 1.93. The molecule has 1 aromatic heterocycles. The highest BCUT2D eigenvalue weighted by atomic mass is 16.6. The lowest BCUT2D eigenvalue weighted by atomic mass is 10.1. The highest BCUT2D eigenvalue weighted by molar-refractivity contribution is 5.70. The Morgan fingerprint density at radius 2 is 1.96 bits per heavy atom. The fourth-order valence-corrected chi connectivity index (χ4v) is 2.06. The molecule has 1 aromatic carbocycles. The van der Waals surface area contributed by atoms with Crippen molar-refractivity contribution < 1.29 is 14.6 Å². The van der Waals surface area contributed by atoms with Crippen molar-refractivity contribution in [3.63, 3.8) is 0 Å². The number of hydrogen-bond acceptors (Lipinski definition) is 6. The zero-order valence-electron chi connectivity index (χ0n) is 13.9. The van der Waals surface area contributed by atoms with Crippen LogP contribution in [0.2, 0.25) is 0 Å². The van der Waals surface area contributed by atoms with Crippen molar-refractivity contribution in [3.05, 3.63) is 24.3 Å². The Bertz CT molecular complexity index is 659. The molecule has 0 aliphatic heterocycles. The SMILES string of the molecule is C[C@H](CC(=O)OC(C)(C)C)Cn1nnc(-c2ccc(O)cc2)n1. The van der Waals surface area contributed by atoms with E-state index >= 15 is 0 Å². The number of esters is 1. The van der Waals surface area contributed by atoms with Crippen LogP contribution in [-0.4, -0.2) is 36.9 Å². The van der Waals surface area contributed by atoms with Crippen LogP contribution in [0.5, 0.6) is 5.75 Å². The summed E-state index contributed by atoms with van der Waals surface area (Å²) in [7, 11) is 0. The van der Waals surface area contributed by atoms with Crippen molar-refractivity contribution in [3.8, 4) is 17.1 Å². The third-order valence-electron chi connectivity index (χ3n) is 2.99. The molecule has 0 aliphatic rings. The average molecular weight is 318 g/mol. The summed E-state index contributed by atoms with van der Waals surface area (Å²) in [5.74, 6) is 0.470. The number of aromatic hydroxyl groups is 1. The summed E-state index contributed by atoms with van der Waals surface area (Å²) in [6.07, 6.45) is 0.299. The largest absolute Gasteiger partial charge is 0.508 e. The summed E-state index contributed by atoms with van der Waals surface area (Å²) in [5.41, 5.74) is 0.294. The maximum atomic E-state index is 11.8. The van der Waals surface area contributed by atoms with Crippen LogP contribution in [0.4, 0.5) is 0 Å². The second-order valence-electron chi connectivity index (χ2n) is 6.61. The fraction of sp³-hybridized carbons (Fsp3) is 0.500. The third-order valence-corrected chi connectivity index (χ3v) is 2.99. The zero-order chi connectivity index (χ0) is 17.0. The van der Waals surface area contributed by atoms with Gasteiger partial charge >= 0.3 is 5.97 Å². The number of hydrogen-bond donors (Lipinski definition) is 1. The number of rotatable bonds is 5. The van der Waals surface area contributed by atoms with E-state index in [4.69, 9.17) is 4.74 Å². The molecule has 7 heteroatoms. The zero-order valence-corrected chi connectivity index (χ0v) is 13.9. The maximum Gasteiger partial charge on any atom is 0.306 e. The quantitative estimate of drug-likeness (QED) is 0.851. The lowest BCUT2D eigenvalue weighted by Crippen LogP contribution is -2.25. The Kier molecular flexibility index (Phi) is 4.98. The normalized spacial score (nSPS) is 12.9. The predicted octanol–water partition coefficient (Wildman–Crippen LogP) is 2.41. The maximum absolute atomic E-state index is 11.8. The minimum Gasteiger partial charge on any atom is -0.508 e. The standard InChI is InChI=1S/C16H22N4O3/c1-11(9-14(22)23-16(2,3)4)10-20-18-15(17-19-20)12-5-7-13(21)8-6-12/h5-8,11,21H,9-10H2,1-4H3/t11-/m1/s1. The van der Waals surface area contributed by atoms with Gasteiger partial charge in [0.2, 0.25) is 5.82 Å². The van der Waals surface area contributed by atoms with Crippen LogP contribution >= 0.6 is 0 Å². The summed E-state index contributed by atoms with van der Waals surface area (Å²) in [6, 6.07) is 6.59. The van der Waals surface area contributed by atoms with Gasteiger partial charge in [-0.1, -0.05) is 6.92 Å². The lowest BCUT2D eigenvalue weighted by molar-refractivity contribution is -0.155. The van der Waals surface area contributed by atoms with Gasteiger partial charge in [-0.15, -0.1) is 10.2 Å². The molecule has 1 heterocycles. The third kappa shape index (κ3) is 5.36. The van der Waals surface area contributed by atoms with Gasteiger partial charge in [0.05, 0.1) is 6.54 Å². The summed E-state index contributed by atoms with van der Waals surface area (Å²) >= 11 is 0. The highest BCUT2D eigenvalue weighted by Gasteiger charge is 2.19. The Morgan fingerprint density at radius 1 is 1.30 bits per heavy atom. The minimum absolute atomic E-state index is 0.0340. The van der Waals surface area contributed by atoms with E-state index in [1.54, 1.807) is 24.3 Å². The number of phenolic OH excluding ortho intramolecular Hbond substituents is 1. The van der Waals surface area contributed by atoms with E-state index in [1.807, 2.05) is 27.7 Å². The summed E-state index contributed by atoms with van der Waals surface area (Å²) < 4.78 is 5.30. The molecular weight excluding hydrogens is 296 g/mol. The molecule has 0 unspecified atom stereocenters. The molecule has 1 N–H and O–H groups in total. The highest BCUT2D eigenvalue weighted by Crippen LogP contribution is 2.18. The van der Waals surface area contributed by atoms with E-state index in [1.165, 1.54) is 4.80 Å². The number of phenols is 1. The van der Waals surface area contributed by atoms with Crippen molar-refractivity contribution >= 4 is 5.97 Å². The Morgan fingerprint density at radius 3 is 2.57 bits per heavy atom. The number of nitrogens with zero attached hydrogens (tertiary/aromatic N) is 4. The van der Waals surface area contributed by atoms with Crippen LogP contribution in [0.25, 0.3) is 11.4 Å². The molecule has 0 saturated heterocycles. The number of carbonyl (C=O) groups excluding carboxylic acids is 1. The first-order valence-electron chi connectivity index (χ1n) is 7.52. The molecule has 0 fully saturated rings. The fourth-order valence-electron chi connectivity index (χ4n) is 2.06. The number of ether oxygens (including phenoxy) is 1. The molecule has 0 saturated carbocycles. The predicted molar refractivity (Wildman–Crippen MR) is 84.5 cm³/mol. The molecule has 2 rings (SSSR count). The molecule has 0 aliphatic carbocycles. The van der Waals surface area contributed by atoms with Gasteiger partial charge in [0.15, 0.2) is 0 Å². The van der Waals surface area contributed by atoms with Crippen LogP contribution in [0, 0.1) is 5.92 Å². The van der Waals surface area contributed by atoms with Crippen molar-refractivity contribution in [1.82, 2.24) is 20.2 Å². The first kappa shape index (κ1) is 16.9. The van der Waals surface area contributed by atoms with Crippen molar-refractivity contribution in [1.29, 1.82) is 0 Å². The second kappa shape index (κ2) is 6.76. The van der Waals surface area contributed by atoms with E-state index in [9.17, 15) is 9.90 Å². The molecule has 0 bridgehead atoms. The molecule has 0 radical (unpaired) electrons. The minimum atomic E-state index is -0.478. The van der Waals surface area contributed by atoms with Gasteiger partial charge in [-0.25, -0.2) is 0 Å². The van der Waals surface area contributed by atoms with Gasteiger partial charge in [-0.3, -0.25) is 4.79 Å². The first-order valence-corrected chi connectivity index (χ1v) is 7.52. The van der Waals surface area contributed by atoms with Gasteiger partial charge in [-0.05, 0) is 56.2 Å². The van der Waals surface area contributed by atoms with Crippen molar-refractivity contribution in [2.45, 2.75) is 46.3 Å². The molecule has 0 amide bonds. The van der Waals surface area contributed by atoms with Crippen LogP contribution in [0.3, 0.4) is 0 Å². The van der Waals surface area contributed by atoms with Crippen LogP contribution in [0.1, 0.15) is 34.1 Å². The number of benzene rings is 1. The van der Waals surface area contributed by atoms with E-state index in [0.29, 0.717) is 18.8 Å². The monoisotopic (exact) mass is 318 g/mol. The molecule has 0 spiro atoms. The van der Waals surface area contributed by atoms with Crippen LogP contribution in [0.15, 0.2) is 24.3 Å². The van der Waals surface area contributed by atoms with Crippen molar-refractivity contribution in [2.75, 3.05) is 0 Å². The van der Waals surface area contributed by atoms with E-state index in [2.05, 4.69) is 15.4 Å². The summed E-state index contributed by atoms with van der Waals surface area (Å²) in [5, 5.41) is 21.6. The van der Waals surface area contributed by atoms with Gasteiger partial charge < -0.3 is 9.84 Å². The molecule has 124 valence electrons. The van der Waals surface area contributed by atoms with Gasteiger partial charge in [-0.2, -0.15) is 4.80 Å². The number of tetrazole rings is 1. The number of carbonyl (C=O) groups is 1. The average Bonchev–Trinajstić information content (AvgIpc) is 2.85. The first-order chi connectivity index (χ1) is 10.7. The molecule has 2 aromatic rings. The Hall–Kier alpha value is -2.44. The second-order valence-corrected chi connectivity index (χ2v) is 6.61. The molecular formula is C16H22N4O3. The van der Waals surface area contributed by atoms with Gasteiger partial charge in [0.1, 0.15) is 11.4 Å². The number of aromatic nitrogens is 4. The Labute approximate surface area is 135 Å². The van der Waals surface area contributed by atoms with Gasteiger partial charge in [0, 0.05) is 12.0 Å². The summed E-state index contributed by atoms with van der Waals surface area (Å²) in [6.45, 7) is 7.95. The van der Waals surface area contributed by atoms with Crippen LogP contribution < -0.4 is 0 Å². The smallest absolute Gasteiger partial charge is 0.306 e. The van der Waals surface area contributed by atoms with E-state index < -0.39 is 5.60 Å².